The van der Waals surface area contributed by atoms with Gasteiger partial charge in [0.1, 0.15) is 0 Å². The van der Waals surface area contributed by atoms with Gasteiger partial charge in [0.05, 0.1) is 19.0 Å². The summed E-state index contributed by atoms with van der Waals surface area (Å²) in [6.07, 6.45) is 0. The van der Waals surface area contributed by atoms with Crippen LogP contribution >= 0.6 is 11.8 Å². The lowest BCUT2D eigenvalue weighted by atomic mass is 10.2. The molecule has 0 unspecified atom stereocenters. The molecule has 0 aromatic carbocycles. The molecule has 1 amide bonds. The van der Waals surface area contributed by atoms with Gasteiger partial charge in [0.25, 0.3) is 0 Å². The number of carbonyl (C=O) groups is 1. The van der Waals surface area contributed by atoms with E-state index in [1.54, 1.807) is 0 Å². The molecule has 1 N–H and O–H groups in total. The molecule has 0 radical (unpaired) electrons. The summed E-state index contributed by atoms with van der Waals surface area (Å²) in [5.41, 5.74) is 0. The second-order valence-electron chi connectivity index (χ2n) is 6.40. The summed E-state index contributed by atoms with van der Waals surface area (Å²) < 4.78 is 7.54. The second kappa shape index (κ2) is 8.54. The minimum Gasteiger partial charge on any atom is -0.378 e. The van der Waals surface area contributed by atoms with Crippen LogP contribution in [-0.2, 0) is 16.1 Å². The van der Waals surface area contributed by atoms with Crippen LogP contribution in [0.3, 0.4) is 0 Å². The van der Waals surface area contributed by atoms with Gasteiger partial charge in [0, 0.05) is 25.7 Å². The fraction of sp³-hybridized carbons (Fsp3) is 0.800. The Balaban J connectivity index is 2.08. The Morgan fingerprint density at radius 3 is 2.57 bits per heavy atom. The summed E-state index contributed by atoms with van der Waals surface area (Å²) in [7, 11) is 0. The third-order valence-corrected chi connectivity index (χ3v) is 4.29. The van der Waals surface area contributed by atoms with Crippen molar-refractivity contribution in [2.75, 3.05) is 37.0 Å². The number of anilines is 1. The quantitative estimate of drug-likeness (QED) is 0.756. The first kappa shape index (κ1) is 18.1. The lowest BCUT2D eigenvalue weighted by Gasteiger charge is -2.28. The van der Waals surface area contributed by atoms with Crippen molar-refractivity contribution in [2.45, 2.75) is 45.4 Å². The topological polar surface area (TPSA) is 72.3 Å². The molecule has 1 aromatic rings. The molecule has 1 fully saturated rings. The number of carbonyl (C=O) groups excluding carboxylic acids is 1. The summed E-state index contributed by atoms with van der Waals surface area (Å²) in [6, 6.07) is 0.153. The second-order valence-corrected chi connectivity index (χ2v) is 7.34. The van der Waals surface area contributed by atoms with Crippen LogP contribution in [0.25, 0.3) is 0 Å². The molecule has 0 bridgehead atoms. The Kier molecular flexibility index (Phi) is 6.71. The lowest BCUT2D eigenvalue weighted by Crippen LogP contribution is -2.38. The number of hydrogen-bond donors (Lipinski definition) is 1. The number of nitrogens with one attached hydrogen (secondary N) is 1. The molecular weight excluding hydrogens is 314 g/mol. The van der Waals surface area contributed by atoms with Crippen LogP contribution in [0, 0.1) is 5.92 Å². The molecule has 0 aliphatic carbocycles. The van der Waals surface area contributed by atoms with Gasteiger partial charge in [0.15, 0.2) is 5.16 Å². The van der Waals surface area contributed by atoms with E-state index in [4.69, 9.17) is 4.74 Å². The Hall–Kier alpha value is -1.28. The molecule has 23 heavy (non-hydrogen) atoms. The monoisotopic (exact) mass is 341 g/mol. The fourth-order valence-corrected chi connectivity index (χ4v) is 3.16. The van der Waals surface area contributed by atoms with Gasteiger partial charge < -0.3 is 15.0 Å². The van der Waals surface area contributed by atoms with Gasteiger partial charge in [-0.3, -0.25) is 9.36 Å². The van der Waals surface area contributed by atoms with Gasteiger partial charge in [-0.15, -0.1) is 10.2 Å². The zero-order valence-corrected chi connectivity index (χ0v) is 15.2. The third-order valence-electron chi connectivity index (χ3n) is 3.32. The predicted molar refractivity (Wildman–Crippen MR) is 91.9 cm³/mol. The van der Waals surface area contributed by atoms with Gasteiger partial charge in [-0.25, -0.2) is 0 Å². The van der Waals surface area contributed by atoms with Crippen molar-refractivity contribution < 1.29 is 9.53 Å². The van der Waals surface area contributed by atoms with Crippen LogP contribution in [0.2, 0.25) is 0 Å². The number of thioether (sulfide) groups is 1. The van der Waals surface area contributed by atoms with Gasteiger partial charge in [-0.05, 0) is 19.8 Å². The molecule has 1 aromatic heterocycles. The van der Waals surface area contributed by atoms with Gasteiger partial charge in [0.2, 0.25) is 11.9 Å². The van der Waals surface area contributed by atoms with Crippen LogP contribution < -0.4 is 10.2 Å². The zero-order valence-electron chi connectivity index (χ0n) is 14.4. The standard InChI is InChI=1S/C15H27N5O2S/c1-11(2)9-20-14(19-5-7-22-8-6-19)17-18-15(20)23-10-13(21)16-12(3)4/h11-12H,5-10H2,1-4H3,(H,16,21). The number of morpholine rings is 1. The number of hydrogen-bond acceptors (Lipinski definition) is 6. The average Bonchev–Trinajstić information content (AvgIpc) is 2.87. The van der Waals surface area contributed by atoms with E-state index in [1.165, 1.54) is 11.8 Å². The molecule has 0 spiro atoms. The molecule has 8 heteroatoms. The molecule has 130 valence electrons. The van der Waals surface area contributed by atoms with Crippen LogP contribution in [0.1, 0.15) is 27.7 Å². The highest BCUT2D eigenvalue weighted by Gasteiger charge is 2.21. The SMILES string of the molecule is CC(C)Cn1c(SCC(=O)NC(C)C)nnc1N1CCOCC1. The van der Waals surface area contributed by atoms with Crippen molar-refractivity contribution in [1.29, 1.82) is 0 Å². The normalized spacial score (nSPS) is 15.5. The summed E-state index contributed by atoms with van der Waals surface area (Å²) in [5, 5.41) is 12.4. The minimum absolute atomic E-state index is 0.0250. The van der Waals surface area contributed by atoms with Crippen molar-refractivity contribution in [2.24, 2.45) is 5.92 Å². The molecule has 0 saturated carbocycles. The molecule has 0 atom stereocenters. The highest BCUT2D eigenvalue weighted by atomic mass is 32.2. The van der Waals surface area contributed by atoms with Crippen molar-refractivity contribution in [3.63, 3.8) is 0 Å². The number of aromatic nitrogens is 3. The average molecular weight is 341 g/mol. The first-order chi connectivity index (χ1) is 11.0. The van der Waals surface area contributed by atoms with Crippen LogP contribution in [0.5, 0.6) is 0 Å². The Bertz CT molecular complexity index is 512. The van der Waals surface area contributed by atoms with Gasteiger partial charge >= 0.3 is 0 Å². The Labute approximate surface area is 142 Å². The van der Waals surface area contributed by atoms with E-state index in [0.29, 0.717) is 24.9 Å². The first-order valence-electron chi connectivity index (χ1n) is 8.15. The van der Waals surface area contributed by atoms with Crippen LogP contribution in [0.15, 0.2) is 5.16 Å². The molecule has 1 aliphatic rings. The zero-order chi connectivity index (χ0) is 16.8. The van der Waals surface area contributed by atoms with E-state index in [0.717, 1.165) is 30.7 Å². The van der Waals surface area contributed by atoms with Gasteiger partial charge in [-0.1, -0.05) is 25.6 Å². The maximum atomic E-state index is 11.9. The van der Waals surface area contributed by atoms with Crippen LogP contribution in [0.4, 0.5) is 5.95 Å². The first-order valence-corrected chi connectivity index (χ1v) is 9.14. The molecule has 1 saturated heterocycles. The molecule has 2 rings (SSSR count). The number of amides is 1. The minimum atomic E-state index is 0.0250. The Morgan fingerprint density at radius 1 is 1.26 bits per heavy atom. The number of rotatable bonds is 7. The van der Waals surface area contributed by atoms with Gasteiger partial charge in [-0.2, -0.15) is 0 Å². The number of nitrogens with zero attached hydrogens (tertiary/aromatic N) is 4. The maximum absolute atomic E-state index is 11.9. The summed E-state index contributed by atoms with van der Waals surface area (Å²) in [4.78, 5) is 14.1. The van der Waals surface area contributed by atoms with E-state index in [2.05, 4.69) is 38.8 Å². The summed E-state index contributed by atoms with van der Waals surface area (Å²) in [6.45, 7) is 12.2. The van der Waals surface area contributed by atoms with Crippen molar-refractivity contribution in [1.82, 2.24) is 20.1 Å². The van der Waals surface area contributed by atoms with E-state index < -0.39 is 0 Å². The van der Waals surface area contributed by atoms with Crippen molar-refractivity contribution in [3.05, 3.63) is 0 Å². The van der Waals surface area contributed by atoms with Crippen molar-refractivity contribution >= 4 is 23.6 Å². The summed E-state index contributed by atoms with van der Waals surface area (Å²) in [5.74, 6) is 1.75. The number of ether oxygens (including phenoxy) is 1. The highest BCUT2D eigenvalue weighted by Crippen LogP contribution is 2.24. The largest absolute Gasteiger partial charge is 0.378 e. The smallest absolute Gasteiger partial charge is 0.230 e. The fourth-order valence-electron chi connectivity index (χ4n) is 2.40. The lowest BCUT2D eigenvalue weighted by molar-refractivity contribution is -0.119. The highest BCUT2D eigenvalue weighted by molar-refractivity contribution is 7.99. The Morgan fingerprint density at radius 2 is 1.96 bits per heavy atom. The molecule has 2 heterocycles. The predicted octanol–water partition coefficient (Wildman–Crippen LogP) is 1.39. The van der Waals surface area contributed by atoms with Crippen LogP contribution in [-0.4, -0.2) is 58.8 Å². The van der Waals surface area contributed by atoms with E-state index >= 15 is 0 Å². The molecular formula is C15H27N5O2S. The maximum Gasteiger partial charge on any atom is 0.230 e. The van der Waals surface area contributed by atoms with E-state index in [1.807, 2.05) is 13.8 Å². The summed E-state index contributed by atoms with van der Waals surface area (Å²) >= 11 is 1.44. The van der Waals surface area contributed by atoms with E-state index in [9.17, 15) is 4.79 Å². The van der Waals surface area contributed by atoms with Crippen molar-refractivity contribution in [3.8, 4) is 0 Å². The molecule has 7 nitrogen and oxygen atoms in total. The molecule has 1 aliphatic heterocycles. The van der Waals surface area contributed by atoms with E-state index in [-0.39, 0.29) is 11.9 Å². The third kappa shape index (κ3) is 5.39.